The van der Waals surface area contributed by atoms with Gasteiger partial charge in [-0.25, -0.2) is 24.6 Å². The number of hydrazine groups is 1. The molecule has 0 bridgehead atoms. The number of aldehydes is 1. The summed E-state index contributed by atoms with van der Waals surface area (Å²) in [5.74, 6) is -0.0264. The number of carbonyl (C=O) groups excluding carboxylic acids is 4. The van der Waals surface area contributed by atoms with E-state index in [4.69, 9.17) is 28.9 Å². The van der Waals surface area contributed by atoms with E-state index in [1.54, 1.807) is 16.1 Å². The third-order valence-corrected chi connectivity index (χ3v) is 12.7. The number of alkyl carbamates (subject to hydrolysis) is 1. The molecule has 3 aliphatic heterocycles. The van der Waals surface area contributed by atoms with Crippen molar-refractivity contribution < 1.29 is 38.1 Å². The summed E-state index contributed by atoms with van der Waals surface area (Å²) in [7, 11) is 2.58. The number of imidazole rings is 2. The number of nitrogens with one attached hydrogen (secondary N) is 3. The molecular formula is C49H52N8O8. The first-order valence-electron chi connectivity index (χ1n) is 21.9. The highest BCUT2D eigenvalue weighted by atomic mass is 16.7. The minimum atomic E-state index is -0.943. The molecule has 3 amide bonds. The van der Waals surface area contributed by atoms with Crippen LogP contribution in [0.15, 0.2) is 103 Å². The quantitative estimate of drug-likeness (QED) is 0.102. The Morgan fingerprint density at radius 3 is 2.08 bits per heavy atom. The number of aromatic amines is 2. The van der Waals surface area contributed by atoms with Crippen molar-refractivity contribution in [2.75, 3.05) is 40.5 Å². The molecule has 5 heterocycles. The number of hydrogen-bond acceptors (Lipinski definition) is 11. The average molecular weight is 881 g/mol. The van der Waals surface area contributed by atoms with Crippen LogP contribution in [0.5, 0.6) is 0 Å². The van der Waals surface area contributed by atoms with Gasteiger partial charge in [-0.2, -0.15) is 5.01 Å². The first-order chi connectivity index (χ1) is 31.6. The van der Waals surface area contributed by atoms with Crippen LogP contribution >= 0.6 is 0 Å². The molecule has 65 heavy (non-hydrogen) atoms. The fourth-order valence-electron chi connectivity index (χ4n) is 9.31. The van der Waals surface area contributed by atoms with Gasteiger partial charge in [0.1, 0.15) is 30.0 Å². The van der Waals surface area contributed by atoms with Gasteiger partial charge in [0.05, 0.1) is 69.8 Å². The highest BCUT2D eigenvalue weighted by molar-refractivity contribution is 5.91. The van der Waals surface area contributed by atoms with E-state index in [9.17, 15) is 19.2 Å². The molecule has 0 aliphatic carbocycles. The fraction of sp³-hybridized carbons (Fsp3) is 0.347. The van der Waals surface area contributed by atoms with E-state index in [0.29, 0.717) is 43.4 Å². The zero-order chi connectivity index (χ0) is 45.2. The van der Waals surface area contributed by atoms with Gasteiger partial charge in [0, 0.05) is 18.5 Å². The van der Waals surface area contributed by atoms with E-state index in [0.717, 1.165) is 63.5 Å². The van der Waals surface area contributed by atoms with E-state index in [1.807, 2.05) is 62.5 Å². The van der Waals surface area contributed by atoms with Crippen molar-refractivity contribution >= 4 is 35.2 Å². The van der Waals surface area contributed by atoms with Gasteiger partial charge in [0.15, 0.2) is 5.79 Å². The molecule has 3 N–H and O–H groups in total. The van der Waals surface area contributed by atoms with Crippen molar-refractivity contribution in [3.05, 3.63) is 121 Å². The lowest BCUT2D eigenvalue weighted by atomic mass is 9.98. The minimum absolute atomic E-state index is 0.175. The van der Waals surface area contributed by atoms with Gasteiger partial charge >= 0.3 is 12.2 Å². The number of rotatable bonds is 12. The van der Waals surface area contributed by atoms with E-state index < -0.39 is 36.1 Å². The normalized spacial score (nSPS) is 19.1. The van der Waals surface area contributed by atoms with Crippen LogP contribution in [-0.4, -0.2) is 112 Å². The summed E-state index contributed by atoms with van der Waals surface area (Å²) in [6.45, 7) is 5.41. The van der Waals surface area contributed by atoms with E-state index in [-0.39, 0.29) is 24.4 Å². The van der Waals surface area contributed by atoms with Gasteiger partial charge in [0.2, 0.25) is 0 Å². The molecule has 9 rings (SSSR count). The Bertz CT molecular complexity index is 2680. The number of H-pyrrole nitrogens is 2. The molecule has 16 nitrogen and oxygen atoms in total. The minimum Gasteiger partial charge on any atom is -0.453 e. The Labute approximate surface area is 376 Å². The second-order valence-electron chi connectivity index (χ2n) is 17.0. The molecule has 3 saturated heterocycles. The molecule has 16 heteroatoms. The van der Waals surface area contributed by atoms with Crippen molar-refractivity contribution in [3.63, 3.8) is 0 Å². The fourth-order valence-corrected chi connectivity index (χ4v) is 9.31. The summed E-state index contributed by atoms with van der Waals surface area (Å²) in [5.41, 5.74) is 6.33. The molecule has 2 unspecified atom stereocenters. The summed E-state index contributed by atoms with van der Waals surface area (Å²) >= 11 is 0. The van der Waals surface area contributed by atoms with Crippen LogP contribution in [0.3, 0.4) is 0 Å². The van der Waals surface area contributed by atoms with Gasteiger partial charge in [-0.3, -0.25) is 4.79 Å². The second kappa shape index (κ2) is 18.3. The number of methoxy groups -OCH3 is 2. The molecule has 0 saturated carbocycles. The van der Waals surface area contributed by atoms with E-state index >= 15 is 0 Å². The summed E-state index contributed by atoms with van der Waals surface area (Å²) in [6, 6.07) is 27.7. The zero-order valence-corrected chi connectivity index (χ0v) is 36.7. The number of benzene rings is 4. The Hall–Kier alpha value is -6.88. The Kier molecular flexibility index (Phi) is 12.2. The van der Waals surface area contributed by atoms with Gasteiger partial charge in [-0.05, 0) is 63.9 Å². The van der Waals surface area contributed by atoms with Gasteiger partial charge in [0.25, 0.3) is 5.91 Å². The monoisotopic (exact) mass is 880 g/mol. The average Bonchev–Trinajstić information content (AvgIpc) is 4.21. The van der Waals surface area contributed by atoms with Gasteiger partial charge in [-0.15, -0.1) is 0 Å². The van der Waals surface area contributed by atoms with Crippen molar-refractivity contribution in [1.29, 1.82) is 0 Å². The summed E-state index contributed by atoms with van der Waals surface area (Å²) < 4.78 is 22.2. The third kappa shape index (κ3) is 8.59. The smallest absolute Gasteiger partial charge is 0.424 e. The number of amides is 3. The molecule has 336 valence electrons. The van der Waals surface area contributed by atoms with Crippen molar-refractivity contribution in [2.24, 2.45) is 5.92 Å². The van der Waals surface area contributed by atoms with Crippen LogP contribution in [0.2, 0.25) is 0 Å². The van der Waals surface area contributed by atoms with Gasteiger partial charge < -0.3 is 43.9 Å². The van der Waals surface area contributed by atoms with Gasteiger partial charge in [-0.1, -0.05) is 92.7 Å². The molecule has 2 aromatic heterocycles. The number of likely N-dealkylation sites (tertiary alicyclic amines) is 1. The number of ether oxygens (including phenoxy) is 4. The van der Waals surface area contributed by atoms with Crippen LogP contribution in [0.4, 0.5) is 9.59 Å². The van der Waals surface area contributed by atoms with E-state index in [2.05, 4.69) is 63.8 Å². The second-order valence-corrected chi connectivity index (χ2v) is 17.0. The lowest BCUT2D eigenvalue weighted by molar-refractivity contribution is -0.160. The number of aromatic nitrogens is 4. The molecule has 3 fully saturated rings. The Balaban J connectivity index is 0.902. The highest BCUT2D eigenvalue weighted by Gasteiger charge is 2.54. The predicted octanol–water partition coefficient (Wildman–Crippen LogP) is 7.74. The van der Waals surface area contributed by atoms with Crippen LogP contribution in [0.1, 0.15) is 68.4 Å². The largest absolute Gasteiger partial charge is 0.453 e. The number of hydrogen-bond donors (Lipinski definition) is 3. The first kappa shape index (κ1) is 43.4. The molecule has 6 aromatic rings. The third-order valence-electron chi connectivity index (χ3n) is 12.7. The topological polar surface area (TPSA) is 184 Å². The number of carbonyl (C=O) groups is 4. The molecular weight excluding hydrogens is 829 g/mol. The molecule has 3 aliphatic rings. The molecule has 0 radical (unpaired) electrons. The van der Waals surface area contributed by atoms with Crippen molar-refractivity contribution in [3.8, 4) is 33.6 Å². The van der Waals surface area contributed by atoms with Crippen LogP contribution in [-0.2, 0) is 28.5 Å². The summed E-state index contributed by atoms with van der Waals surface area (Å²) in [5, 5.41) is 8.04. The molecule has 4 atom stereocenters. The first-order valence-corrected chi connectivity index (χ1v) is 21.9. The number of fused-ring (bicyclic) bond motifs is 1. The number of nitrogens with zero attached hydrogens (tertiary/aromatic N) is 5. The predicted molar refractivity (Wildman–Crippen MR) is 241 cm³/mol. The Morgan fingerprint density at radius 2 is 1.43 bits per heavy atom. The van der Waals surface area contributed by atoms with Crippen molar-refractivity contribution in [2.45, 2.75) is 63.1 Å². The highest BCUT2D eigenvalue weighted by Crippen LogP contribution is 2.44. The maximum absolute atomic E-state index is 14.0. The van der Waals surface area contributed by atoms with Crippen LogP contribution < -0.4 is 5.32 Å². The van der Waals surface area contributed by atoms with Crippen molar-refractivity contribution in [1.82, 2.24) is 40.2 Å². The lowest BCUT2D eigenvalue weighted by Gasteiger charge is -2.39. The van der Waals surface area contributed by atoms with Crippen LogP contribution in [0, 0.1) is 5.92 Å². The SMILES string of the molecule is COC(=O)NC(C(=O)N1CCC[C@H]1c1ncc(-c2ccc3cc(-c4ccc(-c5cnc([C@@H]6CC7(CN6N(C(=O)OC)C(C=O)C(C)C)OCCO7)[nH]5)cc4)ccc3c2)[nH]1)c1ccccc1. The molecule has 4 aromatic carbocycles. The maximum Gasteiger partial charge on any atom is 0.424 e. The summed E-state index contributed by atoms with van der Waals surface area (Å²) in [6.07, 6.45) is 4.99. The zero-order valence-electron chi connectivity index (χ0n) is 36.7. The van der Waals surface area contributed by atoms with E-state index in [1.165, 1.54) is 19.2 Å². The Morgan fingerprint density at radius 1 is 0.815 bits per heavy atom. The maximum atomic E-state index is 14.0. The standard InChI is InChI=1S/C49H52N8O8/c1-30(2)42(28-58)57(48(61)63-4)56-29-49(64-21-22-65-49)25-41(56)45-51-26-38(52-45)32-14-12-31(13-15-32)34-16-17-36-24-37(19-18-35(36)23-34)39-27-50-44(53-39)40-11-8-20-55(40)46(59)43(54-47(60)62-3)33-9-6-5-7-10-33/h5-7,9-10,12-19,23-24,26-28,30,40-43H,8,11,20-22,25,29H2,1-4H3,(H,50,53)(H,51,52)(H,54,60)/t40-,41-,42?,43?/m0/s1. The summed E-state index contributed by atoms with van der Waals surface area (Å²) in [4.78, 5) is 70.0. The molecule has 1 spiro atoms. The van der Waals surface area contributed by atoms with Crippen LogP contribution in [0.25, 0.3) is 44.4 Å². The lowest BCUT2D eigenvalue weighted by Crippen LogP contribution is -2.55.